The van der Waals surface area contributed by atoms with Crippen LogP contribution in [0.5, 0.6) is 0 Å². The maximum absolute atomic E-state index is 12.2. The molecule has 6 nitrogen and oxygen atoms in total. The Morgan fingerprint density at radius 1 is 1.32 bits per heavy atom. The summed E-state index contributed by atoms with van der Waals surface area (Å²) in [6.07, 6.45) is 6.61. The Bertz CT molecular complexity index is 787. The lowest BCUT2D eigenvalue weighted by Gasteiger charge is -2.16. The van der Waals surface area contributed by atoms with Gasteiger partial charge in [-0.3, -0.25) is 14.9 Å². The second-order valence-corrected chi connectivity index (χ2v) is 7.49. The third kappa shape index (κ3) is 3.81. The lowest BCUT2D eigenvalue weighted by Crippen LogP contribution is -2.33. The number of carbonyl (C=O) groups excluding carboxylic acids is 2. The lowest BCUT2D eigenvalue weighted by molar-refractivity contribution is -0.117. The van der Waals surface area contributed by atoms with Crippen molar-refractivity contribution in [3.05, 3.63) is 35.4 Å². The molecule has 134 valence electrons. The van der Waals surface area contributed by atoms with Crippen molar-refractivity contribution in [3.63, 3.8) is 0 Å². The van der Waals surface area contributed by atoms with E-state index in [9.17, 15) is 9.59 Å². The van der Waals surface area contributed by atoms with Crippen LogP contribution < -0.4 is 5.32 Å². The molecule has 2 heterocycles. The summed E-state index contributed by atoms with van der Waals surface area (Å²) in [4.78, 5) is 28.9. The number of hydrogen-bond donors (Lipinski definition) is 1. The molecule has 0 radical (unpaired) electrons. The second kappa shape index (κ2) is 7.47. The molecule has 0 bridgehead atoms. The SMILES string of the molecule is Cc1nc(SCC(=O)NC(=O)c2cccn2C)n(C2CCCC2)c1C. The number of aromatic nitrogens is 3. The van der Waals surface area contributed by atoms with E-state index in [2.05, 4.69) is 21.8 Å². The minimum atomic E-state index is -0.371. The molecule has 1 saturated carbocycles. The fourth-order valence-electron chi connectivity index (χ4n) is 3.34. The predicted molar refractivity (Wildman–Crippen MR) is 97.8 cm³/mol. The van der Waals surface area contributed by atoms with E-state index in [0.29, 0.717) is 11.7 Å². The molecule has 0 saturated heterocycles. The van der Waals surface area contributed by atoms with E-state index in [1.54, 1.807) is 29.9 Å². The Balaban J connectivity index is 1.63. The van der Waals surface area contributed by atoms with E-state index < -0.39 is 0 Å². The number of imide groups is 1. The highest BCUT2D eigenvalue weighted by Crippen LogP contribution is 2.35. The monoisotopic (exact) mass is 360 g/mol. The van der Waals surface area contributed by atoms with Crippen LogP contribution in [0.1, 0.15) is 53.6 Å². The first-order chi connectivity index (χ1) is 12.0. The van der Waals surface area contributed by atoms with Gasteiger partial charge in [-0.2, -0.15) is 0 Å². The van der Waals surface area contributed by atoms with Gasteiger partial charge in [-0.25, -0.2) is 4.98 Å². The third-order valence-electron chi connectivity index (χ3n) is 4.81. The molecular formula is C18H24N4O2S. The molecule has 0 aliphatic heterocycles. The quantitative estimate of drug-likeness (QED) is 0.832. The standard InChI is InChI=1S/C18H24N4O2S/c1-12-13(2)22(14-7-4-5-8-14)18(19-12)25-11-16(23)20-17(24)15-9-6-10-21(15)3/h6,9-10,14H,4-5,7-8,11H2,1-3H3,(H,20,23,24). The molecule has 7 heteroatoms. The first-order valence-electron chi connectivity index (χ1n) is 8.61. The summed E-state index contributed by atoms with van der Waals surface area (Å²) in [6.45, 7) is 4.09. The van der Waals surface area contributed by atoms with Crippen LogP contribution in [0.2, 0.25) is 0 Å². The average Bonchev–Trinajstić information content (AvgIpc) is 3.28. The van der Waals surface area contributed by atoms with Gasteiger partial charge in [0.1, 0.15) is 5.69 Å². The summed E-state index contributed by atoms with van der Waals surface area (Å²) in [5.41, 5.74) is 2.65. The van der Waals surface area contributed by atoms with Crippen molar-refractivity contribution < 1.29 is 9.59 Å². The molecule has 2 aromatic heterocycles. The molecule has 0 unspecified atom stereocenters. The van der Waals surface area contributed by atoms with Crippen LogP contribution in [-0.4, -0.2) is 31.7 Å². The van der Waals surface area contributed by atoms with Gasteiger partial charge < -0.3 is 9.13 Å². The number of carbonyl (C=O) groups is 2. The lowest BCUT2D eigenvalue weighted by atomic mass is 10.2. The molecule has 1 N–H and O–H groups in total. The molecule has 1 fully saturated rings. The maximum Gasteiger partial charge on any atom is 0.274 e. The van der Waals surface area contributed by atoms with Gasteiger partial charge in [0.25, 0.3) is 5.91 Å². The molecule has 1 aliphatic carbocycles. The van der Waals surface area contributed by atoms with Gasteiger partial charge in [-0.15, -0.1) is 0 Å². The number of rotatable bonds is 5. The Morgan fingerprint density at radius 3 is 2.68 bits per heavy atom. The second-order valence-electron chi connectivity index (χ2n) is 6.54. The van der Waals surface area contributed by atoms with Crippen LogP contribution in [0.25, 0.3) is 0 Å². The molecule has 25 heavy (non-hydrogen) atoms. The number of thioether (sulfide) groups is 1. The summed E-state index contributed by atoms with van der Waals surface area (Å²) in [6, 6.07) is 3.95. The van der Waals surface area contributed by atoms with E-state index in [-0.39, 0.29) is 17.6 Å². The summed E-state index contributed by atoms with van der Waals surface area (Å²) < 4.78 is 3.97. The van der Waals surface area contributed by atoms with Crippen LogP contribution in [0, 0.1) is 13.8 Å². The van der Waals surface area contributed by atoms with E-state index >= 15 is 0 Å². The van der Waals surface area contributed by atoms with Crippen LogP contribution >= 0.6 is 11.8 Å². The maximum atomic E-state index is 12.2. The van der Waals surface area contributed by atoms with Crippen LogP contribution in [0.15, 0.2) is 23.5 Å². The number of hydrogen-bond acceptors (Lipinski definition) is 4. The first-order valence-corrected chi connectivity index (χ1v) is 9.59. The molecular weight excluding hydrogens is 336 g/mol. The summed E-state index contributed by atoms with van der Waals surface area (Å²) in [5, 5.41) is 3.33. The van der Waals surface area contributed by atoms with Crippen molar-refractivity contribution in [2.24, 2.45) is 7.05 Å². The van der Waals surface area contributed by atoms with Crippen molar-refractivity contribution in [2.75, 3.05) is 5.75 Å². The number of amides is 2. The normalized spacial score (nSPS) is 14.8. The molecule has 0 aromatic carbocycles. The predicted octanol–water partition coefficient (Wildman–Crippen LogP) is 3.00. The van der Waals surface area contributed by atoms with E-state index in [4.69, 9.17) is 0 Å². The van der Waals surface area contributed by atoms with Crippen LogP contribution in [0.4, 0.5) is 0 Å². The van der Waals surface area contributed by atoms with E-state index in [1.807, 2.05) is 6.92 Å². The minimum absolute atomic E-state index is 0.179. The average molecular weight is 360 g/mol. The van der Waals surface area contributed by atoms with Crippen molar-refractivity contribution in [2.45, 2.75) is 50.7 Å². The van der Waals surface area contributed by atoms with Gasteiger partial charge >= 0.3 is 0 Å². The van der Waals surface area contributed by atoms with Crippen molar-refractivity contribution >= 4 is 23.6 Å². The highest BCUT2D eigenvalue weighted by molar-refractivity contribution is 7.99. The fourth-order valence-corrected chi connectivity index (χ4v) is 4.30. The Kier molecular flexibility index (Phi) is 5.32. The van der Waals surface area contributed by atoms with Gasteiger partial charge in [0.15, 0.2) is 5.16 Å². The third-order valence-corrected chi connectivity index (χ3v) is 5.76. The van der Waals surface area contributed by atoms with E-state index in [0.717, 1.165) is 10.9 Å². The van der Waals surface area contributed by atoms with Gasteiger partial charge in [-0.05, 0) is 38.8 Å². The number of nitrogens with zero attached hydrogens (tertiary/aromatic N) is 3. The Labute approximate surface area is 152 Å². The zero-order valence-electron chi connectivity index (χ0n) is 14.9. The number of imidazole rings is 1. The van der Waals surface area contributed by atoms with Crippen molar-refractivity contribution in [3.8, 4) is 0 Å². The van der Waals surface area contributed by atoms with Crippen molar-refractivity contribution in [1.82, 2.24) is 19.4 Å². The topological polar surface area (TPSA) is 68.9 Å². The van der Waals surface area contributed by atoms with Gasteiger partial charge in [0.2, 0.25) is 5.91 Å². The molecule has 1 aliphatic rings. The zero-order chi connectivity index (χ0) is 18.0. The highest BCUT2D eigenvalue weighted by Gasteiger charge is 2.23. The number of aryl methyl sites for hydroxylation is 2. The summed E-state index contributed by atoms with van der Waals surface area (Å²) in [7, 11) is 1.78. The van der Waals surface area contributed by atoms with Gasteiger partial charge in [-0.1, -0.05) is 24.6 Å². The van der Waals surface area contributed by atoms with Gasteiger partial charge in [0, 0.05) is 25.0 Å². The number of nitrogens with one attached hydrogen (secondary N) is 1. The molecule has 0 atom stereocenters. The van der Waals surface area contributed by atoms with Crippen molar-refractivity contribution in [1.29, 1.82) is 0 Å². The van der Waals surface area contributed by atoms with Crippen LogP contribution in [0.3, 0.4) is 0 Å². The molecule has 2 aromatic rings. The highest BCUT2D eigenvalue weighted by atomic mass is 32.2. The largest absolute Gasteiger partial charge is 0.347 e. The fraction of sp³-hybridized carbons (Fsp3) is 0.500. The Hall–Kier alpha value is -2.02. The van der Waals surface area contributed by atoms with E-state index in [1.165, 1.54) is 43.1 Å². The zero-order valence-corrected chi connectivity index (χ0v) is 15.7. The first kappa shape index (κ1) is 17.8. The van der Waals surface area contributed by atoms with Crippen LogP contribution in [-0.2, 0) is 11.8 Å². The van der Waals surface area contributed by atoms with Gasteiger partial charge in [0.05, 0.1) is 11.4 Å². The Morgan fingerprint density at radius 2 is 2.04 bits per heavy atom. The minimum Gasteiger partial charge on any atom is -0.347 e. The summed E-state index contributed by atoms with van der Waals surface area (Å²) >= 11 is 1.40. The molecule has 0 spiro atoms. The smallest absolute Gasteiger partial charge is 0.274 e. The molecule has 2 amide bonds. The molecule has 3 rings (SSSR count). The summed E-state index contributed by atoms with van der Waals surface area (Å²) in [5.74, 6) is -0.490.